The summed E-state index contributed by atoms with van der Waals surface area (Å²) in [6.07, 6.45) is 4.77. The lowest BCUT2D eigenvalue weighted by molar-refractivity contribution is 0.0761. The number of amides is 1. The first-order valence-electron chi connectivity index (χ1n) is 7.93. The number of aromatic nitrogens is 1. The third-order valence-electron chi connectivity index (χ3n) is 4.26. The van der Waals surface area contributed by atoms with Crippen molar-refractivity contribution in [2.24, 2.45) is 0 Å². The predicted octanol–water partition coefficient (Wildman–Crippen LogP) is 3.14. The molecule has 1 fully saturated rings. The maximum Gasteiger partial charge on any atom is 0.254 e. The van der Waals surface area contributed by atoms with Crippen LogP contribution >= 0.6 is 11.3 Å². The third kappa shape index (κ3) is 3.82. The van der Waals surface area contributed by atoms with Gasteiger partial charge in [-0.15, -0.1) is 0 Å². The minimum absolute atomic E-state index is 0.165. The van der Waals surface area contributed by atoms with Gasteiger partial charge in [-0.25, -0.2) is 4.98 Å². The normalized spacial score (nSPS) is 18.5. The number of carbonyl (C=O) groups excluding carboxylic acids is 1. The highest BCUT2D eigenvalue weighted by molar-refractivity contribution is 7.08. The van der Waals surface area contributed by atoms with Gasteiger partial charge in [-0.2, -0.15) is 11.3 Å². The quantitative estimate of drug-likeness (QED) is 0.907. The minimum atomic E-state index is 0.165. The lowest BCUT2D eigenvalue weighted by atomic mass is 10.1. The molecular formula is C17H22N4OS. The fraction of sp³-hybridized carbons (Fsp3) is 0.412. The average Bonchev–Trinajstić information content (AvgIpc) is 2.84. The first-order chi connectivity index (χ1) is 11.1. The van der Waals surface area contributed by atoms with Gasteiger partial charge in [0.1, 0.15) is 5.82 Å². The Morgan fingerprint density at radius 2 is 2.22 bits per heavy atom. The number of nitrogens with one attached hydrogen (secondary N) is 1. The van der Waals surface area contributed by atoms with Crippen molar-refractivity contribution in [3.63, 3.8) is 0 Å². The van der Waals surface area contributed by atoms with E-state index in [2.05, 4.69) is 10.3 Å². The molecule has 0 bridgehead atoms. The Morgan fingerprint density at radius 3 is 2.91 bits per heavy atom. The number of carbonyl (C=O) groups is 1. The van der Waals surface area contributed by atoms with Crippen LogP contribution in [0.2, 0.25) is 0 Å². The standard InChI is InChI=1S/C17H22N4OS/c1-12-10-23-11-15(12)17(22)21-7-2-3-13(6-8-21)20-14-4-5-16(18)19-9-14/h4-5,9-11,13,20H,2-3,6-8H2,1H3,(H2,18,19)/t13-/m1/s1. The van der Waals surface area contributed by atoms with Gasteiger partial charge in [0.15, 0.2) is 0 Å². The number of pyridine rings is 1. The van der Waals surface area contributed by atoms with Crippen LogP contribution in [0.1, 0.15) is 35.2 Å². The Morgan fingerprint density at radius 1 is 1.35 bits per heavy atom. The molecule has 3 heterocycles. The summed E-state index contributed by atoms with van der Waals surface area (Å²) < 4.78 is 0. The van der Waals surface area contributed by atoms with Crippen LogP contribution in [-0.2, 0) is 0 Å². The van der Waals surface area contributed by atoms with E-state index in [1.807, 2.05) is 28.7 Å². The maximum absolute atomic E-state index is 12.6. The van der Waals surface area contributed by atoms with Crippen molar-refractivity contribution in [2.75, 3.05) is 24.1 Å². The van der Waals surface area contributed by atoms with Crippen molar-refractivity contribution in [3.05, 3.63) is 40.2 Å². The fourth-order valence-electron chi connectivity index (χ4n) is 2.92. The van der Waals surface area contributed by atoms with Crippen molar-refractivity contribution in [2.45, 2.75) is 32.2 Å². The number of nitrogens with two attached hydrogens (primary N) is 1. The van der Waals surface area contributed by atoms with Crippen molar-refractivity contribution < 1.29 is 4.79 Å². The van der Waals surface area contributed by atoms with Crippen LogP contribution in [0.15, 0.2) is 29.1 Å². The molecule has 0 saturated carbocycles. The van der Waals surface area contributed by atoms with E-state index in [1.54, 1.807) is 23.6 Å². The van der Waals surface area contributed by atoms with E-state index in [0.29, 0.717) is 11.9 Å². The molecule has 1 aliphatic heterocycles. The first-order valence-corrected chi connectivity index (χ1v) is 8.88. The van der Waals surface area contributed by atoms with Crippen molar-refractivity contribution >= 4 is 28.7 Å². The van der Waals surface area contributed by atoms with Crippen molar-refractivity contribution in [1.82, 2.24) is 9.88 Å². The van der Waals surface area contributed by atoms with E-state index < -0.39 is 0 Å². The molecule has 1 atom stereocenters. The van der Waals surface area contributed by atoms with Gasteiger partial charge >= 0.3 is 0 Å². The summed E-state index contributed by atoms with van der Waals surface area (Å²) in [4.78, 5) is 18.7. The zero-order valence-electron chi connectivity index (χ0n) is 13.3. The van der Waals surface area contributed by atoms with Crippen LogP contribution in [0.4, 0.5) is 11.5 Å². The first kappa shape index (κ1) is 15.8. The molecule has 122 valence electrons. The summed E-state index contributed by atoms with van der Waals surface area (Å²) in [7, 11) is 0. The van der Waals surface area contributed by atoms with E-state index in [0.717, 1.165) is 49.2 Å². The summed E-state index contributed by atoms with van der Waals surface area (Å²) in [6.45, 7) is 3.61. The van der Waals surface area contributed by atoms with Crippen LogP contribution in [0, 0.1) is 6.92 Å². The van der Waals surface area contributed by atoms with Crippen LogP contribution in [-0.4, -0.2) is 34.9 Å². The van der Waals surface area contributed by atoms with Gasteiger partial charge in [0, 0.05) is 24.5 Å². The molecule has 2 aromatic rings. The summed E-state index contributed by atoms with van der Waals surface area (Å²) in [6, 6.07) is 4.11. The smallest absolute Gasteiger partial charge is 0.254 e. The molecule has 1 aliphatic rings. The largest absolute Gasteiger partial charge is 0.384 e. The fourth-order valence-corrected chi connectivity index (χ4v) is 3.74. The number of rotatable bonds is 3. The highest BCUT2D eigenvalue weighted by atomic mass is 32.1. The molecule has 1 amide bonds. The SMILES string of the molecule is Cc1cscc1C(=O)N1CCC[C@@H](Nc2ccc(N)nc2)CC1. The monoisotopic (exact) mass is 330 g/mol. The molecule has 0 unspecified atom stereocenters. The van der Waals surface area contributed by atoms with E-state index in [4.69, 9.17) is 5.73 Å². The highest BCUT2D eigenvalue weighted by Gasteiger charge is 2.22. The van der Waals surface area contributed by atoms with Crippen molar-refractivity contribution in [3.8, 4) is 0 Å². The van der Waals surface area contributed by atoms with Crippen LogP contribution in [0.25, 0.3) is 0 Å². The predicted molar refractivity (Wildman–Crippen MR) is 94.9 cm³/mol. The van der Waals surface area contributed by atoms with Gasteiger partial charge in [-0.05, 0) is 49.3 Å². The molecule has 6 heteroatoms. The number of likely N-dealkylation sites (tertiary alicyclic amines) is 1. The molecule has 2 aromatic heterocycles. The van der Waals surface area contributed by atoms with Gasteiger partial charge in [-0.1, -0.05) is 0 Å². The number of nitrogens with zero attached hydrogens (tertiary/aromatic N) is 2. The van der Waals surface area contributed by atoms with E-state index in [9.17, 15) is 4.79 Å². The lowest BCUT2D eigenvalue weighted by Gasteiger charge is -2.21. The molecule has 0 spiro atoms. The third-order valence-corrected chi connectivity index (χ3v) is 5.12. The van der Waals surface area contributed by atoms with Crippen molar-refractivity contribution in [1.29, 1.82) is 0 Å². The van der Waals surface area contributed by atoms with Crippen LogP contribution < -0.4 is 11.1 Å². The second-order valence-electron chi connectivity index (χ2n) is 6.00. The van der Waals surface area contributed by atoms with E-state index in [1.165, 1.54) is 0 Å². The number of thiophene rings is 1. The van der Waals surface area contributed by atoms with Crippen LogP contribution in [0.5, 0.6) is 0 Å². The highest BCUT2D eigenvalue weighted by Crippen LogP contribution is 2.21. The Balaban J connectivity index is 1.60. The Labute approximate surface area is 140 Å². The average molecular weight is 330 g/mol. The topological polar surface area (TPSA) is 71.2 Å². The zero-order chi connectivity index (χ0) is 16.2. The second-order valence-corrected chi connectivity index (χ2v) is 6.75. The molecule has 0 aromatic carbocycles. The maximum atomic E-state index is 12.6. The number of aryl methyl sites for hydroxylation is 1. The molecule has 5 nitrogen and oxygen atoms in total. The lowest BCUT2D eigenvalue weighted by Crippen LogP contribution is -2.32. The number of anilines is 2. The number of hydrogen-bond acceptors (Lipinski definition) is 5. The Hall–Kier alpha value is -2.08. The summed E-state index contributed by atoms with van der Waals surface area (Å²) in [5, 5.41) is 7.49. The Kier molecular flexibility index (Phi) is 4.81. The molecule has 23 heavy (non-hydrogen) atoms. The van der Waals surface area contributed by atoms with Gasteiger partial charge in [0.05, 0.1) is 17.4 Å². The van der Waals surface area contributed by atoms with Gasteiger partial charge in [-0.3, -0.25) is 4.79 Å². The zero-order valence-corrected chi connectivity index (χ0v) is 14.1. The number of hydrogen-bond donors (Lipinski definition) is 2. The molecule has 3 N–H and O–H groups in total. The number of nitrogen functional groups attached to an aromatic ring is 1. The summed E-state index contributed by atoms with van der Waals surface area (Å²) >= 11 is 1.59. The van der Waals surface area contributed by atoms with Gasteiger partial charge < -0.3 is 16.0 Å². The molecule has 0 radical (unpaired) electrons. The van der Waals surface area contributed by atoms with Gasteiger partial charge in [0.2, 0.25) is 0 Å². The molecular weight excluding hydrogens is 308 g/mol. The second kappa shape index (κ2) is 7.00. The summed E-state index contributed by atoms with van der Waals surface area (Å²) in [5.74, 6) is 0.692. The minimum Gasteiger partial charge on any atom is -0.384 e. The van der Waals surface area contributed by atoms with Gasteiger partial charge in [0.25, 0.3) is 5.91 Å². The Bertz CT molecular complexity index is 667. The molecule has 3 rings (SSSR count). The van der Waals surface area contributed by atoms with Crippen LogP contribution in [0.3, 0.4) is 0 Å². The summed E-state index contributed by atoms with van der Waals surface area (Å²) in [5.41, 5.74) is 8.52. The van der Waals surface area contributed by atoms with E-state index in [-0.39, 0.29) is 5.91 Å². The van der Waals surface area contributed by atoms with E-state index >= 15 is 0 Å². The molecule has 0 aliphatic carbocycles. The molecule has 1 saturated heterocycles.